The number of carbonyl (C=O) groups excluding carboxylic acids is 2. The van der Waals surface area contributed by atoms with E-state index < -0.39 is 11.7 Å². The third-order valence-corrected chi connectivity index (χ3v) is 5.77. The minimum absolute atomic E-state index is 0.00774. The molecular formula is C21H19FN6O2. The molecule has 1 saturated heterocycles. The number of likely N-dealkylation sites (tertiary alicyclic amines) is 1. The molecule has 0 bridgehead atoms. The van der Waals surface area contributed by atoms with E-state index in [0.717, 1.165) is 5.82 Å². The van der Waals surface area contributed by atoms with Crippen LogP contribution < -0.4 is 5.32 Å². The van der Waals surface area contributed by atoms with Gasteiger partial charge in [-0.2, -0.15) is 0 Å². The molecule has 0 radical (unpaired) electrons. The van der Waals surface area contributed by atoms with Crippen molar-refractivity contribution in [2.75, 3.05) is 18.4 Å². The summed E-state index contributed by atoms with van der Waals surface area (Å²) in [7, 11) is 0. The van der Waals surface area contributed by atoms with Crippen molar-refractivity contribution < 1.29 is 14.0 Å². The highest BCUT2D eigenvalue weighted by Gasteiger charge is 2.40. The molecule has 152 valence electrons. The average Bonchev–Trinajstić information content (AvgIpc) is 3.35. The maximum atomic E-state index is 13.4. The van der Waals surface area contributed by atoms with Crippen LogP contribution in [0, 0.1) is 17.7 Å². The fraction of sp³-hybridized carbons (Fsp3) is 0.286. The number of amides is 2. The smallest absolute Gasteiger partial charge is 0.293 e. The largest absolute Gasteiger partial charge is 0.338 e. The Kier molecular flexibility index (Phi) is 4.50. The van der Waals surface area contributed by atoms with Crippen LogP contribution in [-0.4, -0.2) is 49.6 Å². The lowest BCUT2D eigenvalue weighted by Gasteiger charge is -2.25. The van der Waals surface area contributed by atoms with Crippen molar-refractivity contribution in [3.05, 3.63) is 71.8 Å². The van der Waals surface area contributed by atoms with E-state index in [2.05, 4.69) is 20.5 Å². The second kappa shape index (κ2) is 7.33. The second-order valence-corrected chi connectivity index (χ2v) is 7.69. The van der Waals surface area contributed by atoms with Crippen molar-refractivity contribution in [3.8, 4) is 0 Å². The van der Waals surface area contributed by atoms with E-state index in [1.54, 1.807) is 30.6 Å². The van der Waals surface area contributed by atoms with Crippen molar-refractivity contribution in [2.24, 2.45) is 11.8 Å². The molecule has 0 saturated carbocycles. The van der Waals surface area contributed by atoms with Gasteiger partial charge in [-0.1, -0.05) is 6.07 Å². The van der Waals surface area contributed by atoms with Crippen LogP contribution in [0.15, 0.2) is 48.8 Å². The molecule has 3 aromatic rings. The number of anilines is 1. The molecule has 2 aromatic heterocycles. The summed E-state index contributed by atoms with van der Waals surface area (Å²) in [6.07, 6.45) is 3.88. The van der Waals surface area contributed by atoms with E-state index in [9.17, 15) is 14.0 Å². The first-order valence-electron chi connectivity index (χ1n) is 9.77. The van der Waals surface area contributed by atoms with Crippen LogP contribution >= 0.6 is 0 Å². The van der Waals surface area contributed by atoms with Crippen LogP contribution in [0.4, 0.5) is 10.1 Å². The molecule has 2 aliphatic rings. The Balaban J connectivity index is 1.31. The molecule has 2 amide bonds. The fourth-order valence-corrected chi connectivity index (χ4v) is 4.29. The van der Waals surface area contributed by atoms with Gasteiger partial charge in [0.05, 0.1) is 0 Å². The summed E-state index contributed by atoms with van der Waals surface area (Å²) in [6, 6.07) is 9.14. The molecule has 0 spiro atoms. The van der Waals surface area contributed by atoms with Gasteiger partial charge in [0.2, 0.25) is 5.82 Å². The predicted molar refractivity (Wildman–Crippen MR) is 105 cm³/mol. The van der Waals surface area contributed by atoms with Crippen LogP contribution in [0.2, 0.25) is 0 Å². The van der Waals surface area contributed by atoms with E-state index in [0.29, 0.717) is 37.3 Å². The first kappa shape index (κ1) is 18.4. The van der Waals surface area contributed by atoms with E-state index >= 15 is 0 Å². The van der Waals surface area contributed by atoms with E-state index in [-0.39, 0.29) is 23.6 Å². The van der Waals surface area contributed by atoms with E-state index in [4.69, 9.17) is 0 Å². The summed E-state index contributed by atoms with van der Waals surface area (Å²) in [6.45, 7) is 1.84. The van der Waals surface area contributed by atoms with Gasteiger partial charge in [0.1, 0.15) is 11.6 Å². The number of hydrogen-bond donors (Lipinski definition) is 1. The number of nitrogens with zero attached hydrogens (tertiary/aromatic N) is 5. The maximum Gasteiger partial charge on any atom is 0.293 e. The quantitative estimate of drug-likeness (QED) is 0.718. The van der Waals surface area contributed by atoms with Gasteiger partial charge in [-0.3, -0.25) is 14.6 Å². The molecule has 30 heavy (non-hydrogen) atoms. The summed E-state index contributed by atoms with van der Waals surface area (Å²) in [4.78, 5) is 31.3. The molecule has 4 heterocycles. The third kappa shape index (κ3) is 3.32. The number of pyridine rings is 1. The zero-order chi connectivity index (χ0) is 20.7. The molecule has 1 N–H and O–H groups in total. The molecular weight excluding hydrogens is 387 g/mol. The van der Waals surface area contributed by atoms with Gasteiger partial charge in [0.15, 0.2) is 0 Å². The number of rotatable bonds is 3. The van der Waals surface area contributed by atoms with Gasteiger partial charge in [0, 0.05) is 49.7 Å². The van der Waals surface area contributed by atoms with Crippen LogP contribution in [0.1, 0.15) is 26.8 Å². The third-order valence-electron chi connectivity index (χ3n) is 5.77. The average molecular weight is 406 g/mol. The number of fused-ring (bicyclic) bond motifs is 2. The number of hydrogen-bond acceptors (Lipinski definition) is 5. The van der Waals surface area contributed by atoms with E-state index in [1.807, 2.05) is 9.47 Å². The lowest BCUT2D eigenvalue weighted by Crippen LogP contribution is -2.31. The normalized spacial score (nSPS) is 19.8. The standard InChI is InChI=1S/C21H19FN6O2/c22-16-2-1-3-17(9-16)24-20(29)19-26-25-18-8-14-10-27(11-15(14)12-28(18)19)21(30)13-4-6-23-7-5-13/h1-7,9,14-15H,8,10-12H2,(H,24,29)/t14-,15-/m1/s1. The summed E-state index contributed by atoms with van der Waals surface area (Å²) in [5.41, 5.74) is 0.985. The number of nitrogens with one attached hydrogen (secondary N) is 1. The van der Waals surface area contributed by atoms with Gasteiger partial charge in [0.25, 0.3) is 11.8 Å². The highest BCUT2D eigenvalue weighted by atomic mass is 19.1. The zero-order valence-corrected chi connectivity index (χ0v) is 16.0. The van der Waals surface area contributed by atoms with Crippen molar-refractivity contribution in [1.29, 1.82) is 0 Å². The van der Waals surface area contributed by atoms with Crippen LogP contribution in [0.25, 0.3) is 0 Å². The maximum absolute atomic E-state index is 13.4. The number of aromatic nitrogens is 4. The number of halogens is 1. The van der Waals surface area contributed by atoms with Gasteiger partial charge in [-0.25, -0.2) is 4.39 Å². The minimum Gasteiger partial charge on any atom is -0.338 e. The Morgan fingerprint density at radius 1 is 1.03 bits per heavy atom. The first-order valence-corrected chi connectivity index (χ1v) is 9.77. The Labute approximate surface area is 171 Å². The summed E-state index contributed by atoms with van der Waals surface area (Å²) >= 11 is 0. The van der Waals surface area contributed by atoms with Crippen molar-refractivity contribution in [1.82, 2.24) is 24.6 Å². The minimum atomic E-state index is -0.430. The molecule has 2 atom stereocenters. The van der Waals surface area contributed by atoms with E-state index in [1.165, 1.54) is 18.2 Å². The Bertz CT molecular complexity index is 1120. The van der Waals surface area contributed by atoms with Gasteiger partial charge in [-0.15, -0.1) is 10.2 Å². The van der Waals surface area contributed by atoms with Crippen LogP contribution in [0.5, 0.6) is 0 Å². The SMILES string of the molecule is O=C(Nc1cccc(F)c1)c1nnc2n1C[C@H]1CN(C(=O)c3ccncc3)C[C@H]1C2. The molecule has 1 fully saturated rings. The zero-order valence-electron chi connectivity index (χ0n) is 16.0. The number of benzene rings is 1. The van der Waals surface area contributed by atoms with Crippen molar-refractivity contribution in [3.63, 3.8) is 0 Å². The van der Waals surface area contributed by atoms with Crippen LogP contribution in [-0.2, 0) is 13.0 Å². The Morgan fingerprint density at radius 2 is 1.83 bits per heavy atom. The monoisotopic (exact) mass is 406 g/mol. The Morgan fingerprint density at radius 3 is 2.63 bits per heavy atom. The second-order valence-electron chi connectivity index (χ2n) is 7.69. The van der Waals surface area contributed by atoms with Crippen molar-refractivity contribution >= 4 is 17.5 Å². The molecule has 5 rings (SSSR count). The number of carbonyl (C=O) groups is 2. The van der Waals surface area contributed by atoms with Gasteiger partial charge >= 0.3 is 0 Å². The molecule has 9 heteroatoms. The molecule has 0 unspecified atom stereocenters. The molecule has 8 nitrogen and oxygen atoms in total. The Hall–Kier alpha value is -3.62. The predicted octanol–water partition coefficient (Wildman–Crippen LogP) is 2.01. The van der Waals surface area contributed by atoms with Crippen LogP contribution in [0.3, 0.4) is 0 Å². The fourth-order valence-electron chi connectivity index (χ4n) is 4.29. The highest BCUT2D eigenvalue weighted by molar-refractivity contribution is 6.01. The molecule has 0 aliphatic carbocycles. The summed E-state index contributed by atoms with van der Waals surface area (Å²) < 4.78 is 15.2. The van der Waals surface area contributed by atoms with Gasteiger partial charge < -0.3 is 14.8 Å². The topological polar surface area (TPSA) is 93.0 Å². The van der Waals surface area contributed by atoms with Gasteiger partial charge in [-0.05, 0) is 42.2 Å². The lowest BCUT2D eigenvalue weighted by atomic mass is 9.89. The lowest BCUT2D eigenvalue weighted by molar-refractivity contribution is 0.0783. The molecule has 1 aromatic carbocycles. The van der Waals surface area contributed by atoms with Crippen molar-refractivity contribution in [2.45, 2.75) is 13.0 Å². The molecule has 2 aliphatic heterocycles. The summed E-state index contributed by atoms with van der Waals surface area (Å²) in [5.74, 6) is 0.577. The first-order chi connectivity index (χ1) is 14.6. The highest BCUT2D eigenvalue weighted by Crippen LogP contribution is 2.33. The summed E-state index contributed by atoms with van der Waals surface area (Å²) in [5, 5.41) is 10.9.